The van der Waals surface area contributed by atoms with Crippen LogP contribution in [-0.4, -0.2) is 34.4 Å². The zero-order chi connectivity index (χ0) is 11.7. The zero-order valence-electron chi connectivity index (χ0n) is 8.43. The number of carboxylic acid groups (broad SMARTS) is 1. The Kier molecular flexibility index (Phi) is 2.82. The van der Waals surface area contributed by atoms with Crippen LogP contribution in [0.2, 0.25) is 5.15 Å². The average molecular weight is 243 g/mol. The molecule has 86 valence electrons. The number of aliphatic carboxylic acids is 1. The number of anilines is 2. The molecule has 6 nitrogen and oxygen atoms in total. The highest BCUT2D eigenvalue weighted by atomic mass is 35.5. The van der Waals surface area contributed by atoms with Crippen molar-refractivity contribution in [1.82, 2.24) is 10.2 Å². The van der Waals surface area contributed by atoms with E-state index < -0.39 is 5.97 Å². The third kappa shape index (κ3) is 2.16. The first-order valence-corrected chi connectivity index (χ1v) is 5.19. The number of hydrogen-bond donors (Lipinski definition) is 2. The van der Waals surface area contributed by atoms with Gasteiger partial charge < -0.3 is 15.7 Å². The molecular formula is C9H11ClN4O2. The maximum Gasteiger partial charge on any atom is 0.303 e. The third-order valence-electron chi connectivity index (χ3n) is 2.53. The first-order chi connectivity index (χ1) is 7.56. The summed E-state index contributed by atoms with van der Waals surface area (Å²) in [6, 6.07) is 1.64. The van der Waals surface area contributed by atoms with E-state index in [-0.39, 0.29) is 17.5 Å². The molecule has 1 aromatic rings. The summed E-state index contributed by atoms with van der Waals surface area (Å²) in [5.74, 6) is -0.287. The van der Waals surface area contributed by atoms with Crippen LogP contribution in [0.5, 0.6) is 0 Å². The number of aromatic nitrogens is 2. The molecule has 2 rings (SSSR count). The molecule has 0 saturated carbocycles. The van der Waals surface area contributed by atoms with Crippen LogP contribution < -0.4 is 10.6 Å². The van der Waals surface area contributed by atoms with Crippen molar-refractivity contribution in [2.75, 3.05) is 23.7 Å². The molecule has 1 aliphatic heterocycles. The van der Waals surface area contributed by atoms with E-state index in [2.05, 4.69) is 10.2 Å². The Morgan fingerprint density at radius 3 is 2.94 bits per heavy atom. The van der Waals surface area contributed by atoms with Crippen molar-refractivity contribution in [3.8, 4) is 0 Å². The van der Waals surface area contributed by atoms with E-state index in [4.69, 9.17) is 22.4 Å². The van der Waals surface area contributed by atoms with Gasteiger partial charge in [0.25, 0.3) is 0 Å². The van der Waals surface area contributed by atoms with Gasteiger partial charge in [-0.05, 0) is 0 Å². The van der Waals surface area contributed by atoms with Crippen LogP contribution in [-0.2, 0) is 4.79 Å². The van der Waals surface area contributed by atoms with Gasteiger partial charge in [-0.25, -0.2) is 0 Å². The Balaban J connectivity index is 2.01. The van der Waals surface area contributed by atoms with Crippen molar-refractivity contribution in [3.05, 3.63) is 11.2 Å². The predicted molar refractivity (Wildman–Crippen MR) is 59.4 cm³/mol. The molecule has 1 fully saturated rings. The van der Waals surface area contributed by atoms with Crippen molar-refractivity contribution in [2.45, 2.75) is 6.42 Å². The summed E-state index contributed by atoms with van der Waals surface area (Å²) in [5, 5.41) is 16.2. The fourth-order valence-electron chi connectivity index (χ4n) is 1.76. The fourth-order valence-corrected chi connectivity index (χ4v) is 1.91. The van der Waals surface area contributed by atoms with E-state index in [0.717, 1.165) is 5.69 Å². The van der Waals surface area contributed by atoms with Gasteiger partial charge in [-0.1, -0.05) is 11.6 Å². The van der Waals surface area contributed by atoms with Crippen LogP contribution in [0.3, 0.4) is 0 Å². The maximum absolute atomic E-state index is 10.5. The second-order valence-corrected chi connectivity index (χ2v) is 4.19. The molecule has 0 spiro atoms. The molecule has 1 aromatic heterocycles. The van der Waals surface area contributed by atoms with E-state index in [9.17, 15) is 4.79 Å². The van der Waals surface area contributed by atoms with E-state index in [1.54, 1.807) is 6.07 Å². The number of nitrogens with zero attached hydrogens (tertiary/aromatic N) is 3. The second kappa shape index (κ2) is 4.13. The number of hydrogen-bond acceptors (Lipinski definition) is 5. The van der Waals surface area contributed by atoms with Crippen LogP contribution in [0.4, 0.5) is 11.5 Å². The number of carboxylic acids is 1. The van der Waals surface area contributed by atoms with Gasteiger partial charge in [0.2, 0.25) is 0 Å². The van der Waals surface area contributed by atoms with Gasteiger partial charge in [-0.2, -0.15) is 0 Å². The molecule has 7 heteroatoms. The van der Waals surface area contributed by atoms with Gasteiger partial charge in [0.1, 0.15) is 0 Å². The van der Waals surface area contributed by atoms with Crippen LogP contribution >= 0.6 is 11.6 Å². The fraction of sp³-hybridized carbons (Fsp3) is 0.444. The molecule has 0 atom stereocenters. The SMILES string of the molecule is Nc1nnc(Cl)cc1N1CC(CC(=O)O)C1. The van der Waals surface area contributed by atoms with Crippen LogP contribution in [0.15, 0.2) is 6.07 Å². The lowest BCUT2D eigenvalue weighted by Crippen LogP contribution is -2.48. The summed E-state index contributed by atoms with van der Waals surface area (Å²) in [4.78, 5) is 12.4. The quantitative estimate of drug-likeness (QED) is 0.807. The molecule has 2 heterocycles. The van der Waals surface area contributed by atoms with Crippen molar-refractivity contribution < 1.29 is 9.90 Å². The Morgan fingerprint density at radius 2 is 2.31 bits per heavy atom. The van der Waals surface area contributed by atoms with Gasteiger partial charge in [0.15, 0.2) is 11.0 Å². The summed E-state index contributed by atoms with van der Waals surface area (Å²) in [5.41, 5.74) is 6.38. The van der Waals surface area contributed by atoms with Gasteiger partial charge in [0, 0.05) is 25.1 Å². The summed E-state index contributed by atoms with van der Waals surface area (Å²) in [7, 11) is 0. The van der Waals surface area contributed by atoms with Crippen molar-refractivity contribution >= 4 is 29.1 Å². The molecule has 0 aliphatic carbocycles. The van der Waals surface area contributed by atoms with E-state index in [1.807, 2.05) is 4.90 Å². The maximum atomic E-state index is 10.5. The third-order valence-corrected chi connectivity index (χ3v) is 2.72. The van der Waals surface area contributed by atoms with Gasteiger partial charge in [-0.3, -0.25) is 4.79 Å². The van der Waals surface area contributed by atoms with Crippen molar-refractivity contribution in [3.63, 3.8) is 0 Å². The minimum absolute atomic E-state index is 0.170. The Hall–Kier alpha value is -1.56. The first-order valence-electron chi connectivity index (χ1n) is 4.81. The minimum Gasteiger partial charge on any atom is -0.481 e. The summed E-state index contributed by atoms with van der Waals surface area (Å²) in [6.07, 6.45) is 0.183. The van der Waals surface area contributed by atoms with Gasteiger partial charge in [0.05, 0.1) is 12.1 Å². The van der Waals surface area contributed by atoms with E-state index in [1.165, 1.54) is 0 Å². The topological polar surface area (TPSA) is 92.3 Å². The number of nitrogen functional groups attached to an aromatic ring is 1. The molecule has 0 aromatic carbocycles. The molecular weight excluding hydrogens is 232 g/mol. The lowest BCUT2D eigenvalue weighted by Gasteiger charge is -2.40. The molecule has 0 unspecified atom stereocenters. The molecule has 1 saturated heterocycles. The Labute approximate surface area is 97.0 Å². The number of carbonyl (C=O) groups is 1. The Morgan fingerprint density at radius 1 is 1.62 bits per heavy atom. The standard InChI is InChI=1S/C9H11ClN4O2/c10-7-2-6(9(11)13-12-7)14-3-5(4-14)1-8(15)16/h2,5H,1,3-4H2,(H2,11,13)(H,15,16). The van der Waals surface area contributed by atoms with Crippen LogP contribution in [0.25, 0.3) is 0 Å². The largest absolute Gasteiger partial charge is 0.481 e. The van der Waals surface area contributed by atoms with Crippen molar-refractivity contribution in [1.29, 1.82) is 0 Å². The number of halogens is 1. The van der Waals surface area contributed by atoms with E-state index in [0.29, 0.717) is 18.9 Å². The smallest absolute Gasteiger partial charge is 0.303 e. The molecule has 3 N–H and O–H groups in total. The zero-order valence-corrected chi connectivity index (χ0v) is 9.18. The first kappa shape index (κ1) is 10.9. The highest BCUT2D eigenvalue weighted by molar-refractivity contribution is 6.29. The Bertz CT molecular complexity index is 420. The van der Waals surface area contributed by atoms with Gasteiger partial charge >= 0.3 is 5.97 Å². The lowest BCUT2D eigenvalue weighted by atomic mass is 9.96. The highest BCUT2D eigenvalue weighted by Crippen LogP contribution is 2.30. The van der Waals surface area contributed by atoms with Crippen LogP contribution in [0, 0.1) is 5.92 Å². The summed E-state index contributed by atoms with van der Waals surface area (Å²) >= 11 is 5.71. The molecule has 1 aliphatic rings. The van der Waals surface area contributed by atoms with Gasteiger partial charge in [-0.15, -0.1) is 10.2 Å². The van der Waals surface area contributed by atoms with Crippen molar-refractivity contribution in [2.24, 2.45) is 5.92 Å². The summed E-state index contributed by atoms with van der Waals surface area (Å²) in [6.45, 7) is 1.33. The minimum atomic E-state index is -0.775. The molecule has 16 heavy (non-hydrogen) atoms. The molecule has 0 radical (unpaired) electrons. The average Bonchev–Trinajstić information content (AvgIpc) is 2.15. The predicted octanol–water partition coefficient (Wildman–Crippen LogP) is 0.623. The lowest BCUT2D eigenvalue weighted by molar-refractivity contribution is -0.138. The monoisotopic (exact) mass is 242 g/mol. The van der Waals surface area contributed by atoms with Crippen LogP contribution in [0.1, 0.15) is 6.42 Å². The number of rotatable bonds is 3. The second-order valence-electron chi connectivity index (χ2n) is 3.81. The molecule has 0 bridgehead atoms. The molecule has 0 amide bonds. The van der Waals surface area contributed by atoms with E-state index >= 15 is 0 Å². The highest BCUT2D eigenvalue weighted by Gasteiger charge is 2.30. The number of nitrogens with two attached hydrogens (primary N) is 1. The summed E-state index contributed by atoms with van der Waals surface area (Å²) < 4.78 is 0. The normalized spacial score (nSPS) is 15.9.